The van der Waals surface area contributed by atoms with Gasteiger partial charge in [-0.05, 0) is 23.6 Å². The zero-order valence-electron chi connectivity index (χ0n) is 16.0. The van der Waals surface area contributed by atoms with E-state index in [1.165, 1.54) is 6.20 Å². The Bertz CT molecular complexity index is 1410. The van der Waals surface area contributed by atoms with Gasteiger partial charge in [0, 0.05) is 24.0 Å². The second kappa shape index (κ2) is 7.59. The molecule has 5 aromatic rings. The molecule has 3 heterocycles. The first kappa shape index (κ1) is 18.3. The number of carbonyl (C=O) groups is 2. The number of rotatable bonds is 4. The minimum absolute atomic E-state index is 0.200. The molecule has 10 heteroatoms. The van der Waals surface area contributed by atoms with Gasteiger partial charge in [-0.3, -0.25) is 20.7 Å². The van der Waals surface area contributed by atoms with Crippen molar-refractivity contribution >= 4 is 51.5 Å². The Morgan fingerprint density at radius 3 is 2.58 bits per heavy atom. The Balaban J connectivity index is 1.34. The lowest BCUT2D eigenvalue weighted by Gasteiger charge is -2.05. The molecule has 3 amide bonds. The van der Waals surface area contributed by atoms with Crippen LogP contribution in [-0.2, 0) is 0 Å². The van der Waals surface area contributed by atoms with Crippen LogP contribution in [0.2, 0.25) is 0 Å². The number of hydrogen-bond donors (Lipinski definition) is 5. The average molecular weight is 412 g/mol. The molecule has 0 saturated carbocycles. The van der Waals surface area contributed by atoms with Crippen LogP contribution in [0.1, 0.15) is 10.4 Å². The van der Waals surface area contributed by atoms with Crippen molar-refractivity contribution in [2.24, 2.45) is 0 Å². The number of aromatic nitrogens is 5. The summed E-state index contributed by atoms with van der Waals surface area (Å²) in [6, 6.07) is 14.1. The summed E-state index contributed by atoms with van der Waals surface area (Å²) >= 11 is 0. The largest absolute Gasteiger partial charge is 0.331 e. The highest BCUT2D eigenvalue weighted by molar-refractivity contribution is 6.11. The molecule has 0 aliphatic rings. The van der Waals surface area contributed by atoms with Gasteiger partial charge in [-0.1, -0.05) is 30.3 Å². The number of anilines is 3. The number of nitrogens with one attached hydrogen (secondary N) is 5. The predicted molar refractivity (Wildman–Crippen MR) is 117 cm³/mol. The van der Waals surface area contributed by atoms with Gasteiger partial charge in [0.1, 0.15) is 11.3 Å². The topological polar surface area (TPSA) is 140 Å². The number of H-pyrrole nitrogens is 2. The van der Waals surface area contributed by atoms with E-state index in [0.717, 1.165) is 10.8 Å². The SMILES string of the molecule is O=C(Nc1cc2ccccc2cn1)Nc1nc2c(C(=O)Nc3ncc[nH]3)cccc2[nH]1. The minimum atomic E-state index is -0.511. The second-order valence-electron chi connectivity index (χ2n) is 6.67. The first-order valence-corrected chi connectivity index (χ1v) is 9.38. The zero-order chi connectivity index (χ0) is 21.2. The maximum Gasteiger partial charge on any atom is 0.327 e. The van der Waals surface area contributed by atoms with Crippen LogP contribution in [0.25, 0.3) is 21.8 Å². The van der Waals surface area contributed by atoms with Crippen LogP contribution >= 0.6 is 0 Å². The number of aromatic amines is 2. The van der Waals surface area contributed by atoms with E-state index in [2.05, 4.69) is 40.9 Å². The van der Waals surface area contributed by atoms with E-state index in [4.69, 9.17) is 0 Å². The molecular formula is C21H16N8O2. The van der Waals surface area contributed by atoms with Crippen LogP contribution in [0.3, 0.4) is 0 Å². The summed E-state index contributed by atoms with van der Waals surface area (Å²) in [6.07, 6.45) is 4.83. The van der Waals surface area contributed by atoms with Crippen LogP contribution in [0.15, 0.2) is 67.1 Å². The molecule has 0 fully saturated rings. The van der Waals surface area contributed by atoms with E-state index < -0.39 is 6.03 Å². The maximum atomic E-state index is 12.6. The average Bonchev–Trinajstić information content (AvgIpc) is 3.42. The van der Waals surface area contributed by atoms with Crippen LogP contribution in [0.5, 0.6) is 0 Å². The first-order valence-electron chi connectivity index (χ1n) is 9.38. The highest BCUT2D eigenvalue weighted by Crippen LogP contribution is 2.20. The number of benzene rings is 2. The van der Waals surface area contributed by atoms with Gasteiger partial charge >= 0.3 is 6.03 Å². The Morgan fingerprint density at radius 2 is 1.74 bits per heavy atom. The number of nitrogens with zero attached hydrogens (tertiary/aromatic N) is 3. The van der Waals surface area contributed by atoms with Gasteiger partial charge in [-0.25, -0.2) is 19.7 Å². The monoisotopic (exact) mass is 412 g/mol. The van der Waals surface area contributed by atoms with E-state index in [1.54, 1.807) is 36.7 Å². The lowest BCUT2D eigenvalue weighted by molar-refractivity contribution is 0.102. The van der Waals surface area contributed by atoms with Crippen molar-refractivity contribution in [3.8, 4) is 0 Å². The molecule has 0 radical (unpaired) electrons. The van der Waals surface area contributed by atoms with E-state index in [0.29, 0.717) is 28.4 Å². The Labute approximate surface area is 175 Å². The van der Waals surface area contributed by atoms with Crippen molar-refractivity contribution in [2.45, 2.75) is 0 Å². The molecule has 3 aromatic heterocycles. The van der Waals surface area contributed by atoms with Crippen molar-refractivity contribution in [1.29, 1.82) is 0 Å². The summed E-state index contributed by atoms with van der Waals surface area (Å²) < 4.78 is 0. The lowest BCUT2D eigenvalue weighted by Crippen LogP contribution is -2.20. The standard InChI is InChI=1S/C21H16N8O2/c30-18(28-19-22-8-9-23-19)14-6-3-7-15-17(14)27-20(25-15)29-21(31)26-16-10-12-4-1-2-5-13(12)11-24-16/h1-11H,(H2,22,23,28,30)(H3,24,25,26,27,29,31). The highest BCUT2D eigenvalue weighted by atomic mass is 16.2. The van der Waals surface area contributed by atoms with Crippen molar-refractivity contribution in [2.75, 3.05) is 16.0 Å². The third-order valence-corrected chi connectivity index (χ3v) is 4.59. The van der Waals surface area contributed by atoms with Crippen LogP contribution in [-0.4, -0.2) is 36.9 Å². The highest BCUT2D eigenvalue weighted by Gasteiger charge is 2.16. The smallest absolute Gasteiger partial charge is 0.327 e. The van der Waals surface area contributed by atoms with Gasteiger partial charge in [0.2, 0.25) is 11.9 Å². The normalized spacial score (nSPS) is 10.8. The fourth-order valence-corrected chi connectivity index (χ4v) is 3.19. The number of hydrogen-bond acceptors (Lipinski definition) is 5. The number of fused-ring (bicyclic) bond motifs is 2. The predicted octanol–water partition coefficient (Wildman–Crippen LogP) is 3.73. The van der Waals surface area contributed by atoms with Crippen molar-refractivity contribution in [1.82, 2.24) is 24.9 Å². The summed E-state index contributed by atoms with van der Waals surface area (Å²) in [5.74, 6) is 0.568. The summed E-state index contributed by atoms with van der Waals surface area (Å²) in [7, 11) is 0. The molecule has 10 nitrogen and oxygen atoms in total. The molecule has 152 valence electrons. The molecule has 5 rings (SSSR count). The van der Waals surface area contributed by atoms with Crippen molar-refractivity contribution in [3.63, 3.8) is 0 Å². The lowest BCUT2D eigenvalue weighted by atomic mass is 10.2. The Hall–Kier alpha value is -4.73. The molecule has 0 aliphatic heterocycles. The van der Waals surface area contributed by atoms with Gasteiger partial charge in [0.05, 0.1) is 11.1 Å². The van der Waals surface area contributed by atoms with Crippen LogP contribution < -0.4 is 16.0 Å². The molecular weight excluding hydrogens is 396 g/mol. The maximum absolute atomic E-state index is 12.6. The van der Waals surface area contributed by atoms with Gasteiger partial charge < -0.3 is 9.97 Å². The van der Waals surface area contributed by atoms with E-state index >= 15 is 0 Å². The number of carbonyl (C=O) groups excluding carboxylic acids is 2. The number of imidazole rings is 2. The van der Waals surface area contributed by atoms with E-state index in [9.17, 15) is 9.59 Å². The fourth-order valence-electron chi connectivity index (χ4n) is 3.19. The first-order chi connectivity index (χ1) is 15.2. The van der Waals surface area contributed by atoms with Crippen molar-refractivity contribution in [3.05, 3.63) is 72.7 Å². The number of pyridine rings is 1. The van der Waals surface area contributed by atoms with Crippen molar-refractivity contribution < 1.29 is 9.59 Å². The van der Waals surface area contributed by atoms with Crippen LogP contribution in [0.4, 0.5) is 22.5 Å². The Morgan fingerprint density at radius 1 is 0.871 bits per heavy atom. The summed E-state index contributed by atoms with van der Waals surface area (Å²) in [5, 5.41) is 9.91. The van der Waals surface area contributed by atoms with Gasteiger partial charge in [-0.15, -0.1) is 0 Å². The molecule has 0 spiro atoms. The third kappa shape index (κ3) is 3.77. The second-order valence-corrected chi connectivity index (χ2v) is 6.67. The summed E-state index contributed by atoms with van der Waals surface area (Å²) in [6.45, 7) is 0. The molecule has 0 saturated heterocycles. The molecule has 5 N–H and O–H groups in total. The fraction of sp³-hybridized carbons (Fsp3) is 0. The van der Waals surface area contributed by atoms with Gasteiger partial charge in [0.15, 0.2) is 0 Å². The van der Waals surface area contributed by atoms with E-state index in [1.807, 2.05) is 24.3 Å². The number of amides is 3. The molecule has 2 aromatic carbocycles. The molecule has 0 unspecified atom stereocenters. The zero-order valence-corrected chi connectivity index (χ0v) is 16.0. The summed E-state index contributed by atoms with van der Waals surface area (Å²) in [5.41, 5.74) is 1.37. The number of urea groups is 1. The molecule has 0 bridgehead atoms. The number of para-hydroxylation sites is 1. The third-order valence-electron chi connectivity index (χ3n) is 4.59. The van der Waals surface area contributed by atoms with Gasteiger partial charge in [-0.2, -0.15) is 0 Å². The molecule has 31 heavy (non-hydrogen) atoms. The minimum Gasteiger partial charge on any atom is -0.331 e. The molecule has 0 aliphatic carbocycles. The molecule has 0 atom stereocenters. The quantitative estimate of drug-likeness (QED) is 0.306. The van der Waals surface area contributed by atoms with E-state index in [-0.39, 0.29) is 11.9 Å². The Kier molecular flexibility index (Phi) is 4.49. The summed E-state index contributed by atoms with van der Waals surface area (Å²) in [4.78, 5) is 43.4. The van der Waals surface area contributed by atoms with Crippen LogP contribution in [0, 0.1) is 0 Å². The van der Waals surface area contributed by atoms with Gasteiger partial charge in [0.25, 0.3) is 5.91 Å².